The van der Waals surface area contributed by atoms with Gasteiger partial charge in [0, 0.05) is 5.39 Å². The average molecular weight is 349 g/mol. The van der Waals surface area contributed by atoms with E-state index in [1.165, 1.54) is 4.68 Å². The van der Waals surface area contributed by atoms with E-state index >= 15 is 0 Å². The molecule has 1 heterocycles. The highest BCUT2D eigenvalue weighted by Gasteiger charge is 2.20. The Kier molecular flexibility index (Phi) is 4.89. The first-order valence-corrected chi connectivity index (χ1v) is 8.78. The van der Waals surface area contributed by atoms with Crippen LogP contribution >= 0.6 is 0 Å². The third-order valence-electron chi connectivity index (χ3n) is 4.54. The van der Waals surface area contributed by atoms with E-state index in [0.29, 0.717) is 10.8 Å². The van der Waals surface area contributed by atoms with Gasteiger partial charge in [-0.05, 0) is 44.9 Å². The lowest BCUT2D eigenvalue weighted by atomic mass is 10.0. The van der Waals surface area contributed by atoms with Crippen LogP contribution in [-0.4, -0.2) is 15.7 Å². The van der Waals surface area contributed by atoms with Crippen molar-refractivity contribution in [2.24, 2.45) is 0 Å². The van der Waals surface area contributed by atoms with Gasteiger partial charge < -0.3 is 5.32 Å². The van der Waals surface area contributed by atoms with E-state index in [-0.39, 0.29) is 29.2 Å². The maximum absolute atomic E-state index is 13.0. The lowest BCUT2D eigenvalue weighted by molar-refractivity contribution is 0.0934. The molecular formula is C21H23N3O2. The second kappa shape index (κ2) is 7.12. The Hall–Kier alpha value is -2.95. The number of aryl methyl sites for hydroxylation is 1. The summed E-state index contributed by atoms with van der Waals surface area (Å²) in [6, 6.07) is 14.8. The van der Waals surface area contributed by atoms with Gasteiger partial charge in [-0.1, -0.05) is 42.5 Å². The number of hydrogen-bond donors (Lipinski definition) is 1. The molecule has 1 atom stereocenters. The van der Waals surface area contributed by atoms with E-state index in [0.717, 1.165) is 11.1 Å². The molecule has 3 rings (SSSR count). The van der Waals surface area contributed by atoms with E-state index in [1.54, 1.807) is 18.2 Å². The van der Waals surface area contributed by atoms with Crippen LogP contribution in [0, 0.1) is 6.92 Å². The fourth-order valence-electron chi connectivity index (χ4n) is 3.14. The fraction of sp³-hybridized carbons (Fsp3) is 0.286. The van der Waals surface area contributed by atoms with Crippen molar-refractivity contribution in [2.45, 2.75) is 39.8 Å². The third-order valence-corrected chi connectivity index (χ3v) is 4.54. The summed E-state index contributed by atoms with van der Waals surface area (Å²) in [5.41, 5.74) is 2.26. The van der Waals surface area contributed by atoms with Crippen molar-refractivity contribution < 1.29 is 4.79 Å². The number of benzene rings is 2. The molecule has 134 valence electrons. The summed E-state index contributed by atoms with van der Waals surface area (Å²) >= 11 is 0. The van der Waals surface area contributed by atoms with Crippen molar-refractivity contribution >= 4 is 16.7 Å². The number of hydrogen-bond acceptors (Lipinski definition) is 3. The Morgan fingerprint density at radius 1 is 1.00 bits per heavy atom. The molecule has 26 heavy (non-hydrogen) atoms. The van der Waals surface area contributed by atoms with E-state index in [4.69, 9.17) is 0 Å². The van der Waals surface area contributed by atoms with Gasteiger partial charge in [0.05, 0.1) is 17.5 Å². The van der Waals surface area contributed by atoms with Gasteiger partial charge in [0.25, 0.3) is 11.5 Å². The molecule has 1 N–H and O–H groups in total. The highest BCUT2D eigenvalue weighted by molar-refractivity contribution is 6.04. The van der Waals surface area contributed by atoms with Crippen molar-refractivity contribution in [1.82, 2.24) is 15.1 Å². The Labute approximate surface area is 152 Å². The Balaban J connectivity index is 2.04. The molecule has 0 spiro atoms. The first-order valence-electron chi connectivity index (χ1n) is 8.78. The summed E-state index contributed by atoms with van der Waals surface area (Å²) in [6.07, 6.45) is 0. The Morgan fingerprint density at radius 2 is 1.62 bits per heavy atom. The molecule has 0 saturated heterocycles. The molecule has 5 nitrogen and oxygen atoms in total. The number of rotatable bonds is 4. The number of aromatic nitrogens is 2. The minimum atomic E-state index is -0.286. The van der Waals surface area contributed by atoms with E-state index in [9.17, 15) is 9.59 Å². The fourth-order valence-corrected chi connectivity index (χ4v) is 3.14. The van der Waals surface area contributed by atoms with Gasteiger partial charge in [0.2, 0.25) is 0 Å². The minimum absolute atomic E-state index is 0.132. The highest BCUT2D eigenvalue weighted by Crippen LogP contribution is 2.19. The smallest absolute Gasteiger partial charge is 0.274 e. The summed E-state index contributed by atoms with van der Waals surface area (Å²) in [6.45, 7) is 7.72. The third kappa shape index (κ3) is 3.25. The lowest BCUT2D eigenvalue weighted by Crippen LogP contribution is -2.32. The predicted octanol–water partition coefficient (Wildman–Crippen LogP) is 3.78. The van der Waals surface area contributed by atoms with Gasteiger partial charge in [-0.3, -0.25) is 9.59 Å². The number of fused-ring (bicyclic) bond motifs is 1. The molecule has 0 bridgehead atoms. The zero-order chi connectivity index (χ0) is 18.8. The van der Waals surface area contributed by atoms with Gasteiger partial charge >= 0.3 is 0 Å². The molecule has 1 unspecified atom stereocenters. The van der Waals surface area contributed by atoms with Crippen molar-refractivity contribution in [3.63, 3.8) is 0 Å². The average Bonchev–Trinajstić information content (AvgIpc) is 2.62. The summed E-state index contributed by atoms with van der Waals surface area (Å²) in [4.78, 5) is 25.6. The second-order valence-corrected chi connectivity index (χ2v) is 6.79. The molecule has 1 amide bonds. The van der Waals surface area contributed by atoms with Crippen molar-refractivity contribution in [2.75, 3.05) is 0 Å². The summed E-state index contributed by atoms with van der Waals surface area (Å²) in [7, 11) is 0. The molecule has 0 aliphatic heterocycles. The number of nitrogens with one attached hydrogen (secondary N) is 1. The largest absolute Gasteiger partial charge is 0.344 e. The first-order chi connectivity index (χ1) is 12.4. The highest BCUT2D eigenvalue weighted by atomic mass is 16.2. The molecule has 0 fully saturated rings. The van der Waals surface area contributed by atoms with Crippen LogP contribution in [0.5, 0.6) is 0 Å². The molecule has 3 aromatic rings. The van der Waals surface area contributed by atoms with Crippen molar-refractivity contribution in [3.8, 4) is 0 Å². The zero-order valence-electron chi connectivity index (χ0n) is 15.5. The van der Waals surface area contributed by atoms with Crippen molar-refractivity contribution in [3.05, 3.63) is 75.7 Å². The Bertz CT molecular complexity index is 1020. The maximum atomic E-state index is 13.0. The first kappa shape index (κ1) is 17.9. The van der Waals surface area contributed by atoms with Crippen LogP contribution in [0.2, 0.25) is 0 Å². The van der Waals surface area contributed by atoms with Crippen LogP contribution in [0.3, 0.4) is 0 Å². The molecular weight excluding hydrogens is 326 g/mol. The standard InChI is InChI=1S/C21H23N3O2/c1-13(2)24-21(26)18-12-8-7-11-17(18)19(23-24)20(25)22-15(4)16-10-6-5-9-14(16)3/h5-13,15H,1-4H3,(H,22,25). The minimum Gasteiger partial charge on any atom is -0.344 e. The SMILES string of the molecule is Cc1ccccc1C(C)NC(=O)c1nn(C(C)C)c(=O)c2ccccc12. The quantitative estimate of drug-likeness (QED) is 0.780. The number of amides is 1. The molecule has 0 aliphatic carbocycles. The second-order valence-electron chi connectivity index (χ2n) is 6.79. The van der Waals surface area contributed by atoms with E-state index in [1.807, 2.05) is 58.0 Å². The van der Waals surface area contributed by atoms with Crippen LogP contribution in [0.1, 0.15) is 54.5 Å². The Morgan fingerprint density at radius 3 is 2.27 bits per heavy atom. The predicted molar refractivity (Wildman–Crippen MR) is 103 cm³/mol. The summed E-state index contributed by atoms with van der Waals surface area (Å²) in [5, 5.41) is 8.45. The van der Waals surface area contributed by atoms with E-state index in [2.05, 4.69) is 10.4 Å². The van der Waals surface area contributed by atoms with Crippen LogP contribution < -0.4 is 10.9 Å². The summed E-state index contributed by atoms with van der Waals surface area (Å²) in [5.74, 6) is -0.286. The van der Waals surface area contributed by atoms with Crippen LogP contribution in [0.15, 0.2) is 53.3 Å². The van der Waals surface area contributed by atoms with E-state index < -0.39 is 0 Å². The van der Waals surface area contributed by atoms with Gasteiger partial charge in [0.1, 0.15) is 0 Å². The lowest BCUT2D eigenvalue weighted by Gasteiger charge is -2.18. The van der Waals surface area contributed by atoms with Crippen LogP contribution in [0.4, 0.5) is 0 Å². The number of carbonyl (C=O) groups excluding carboxylic acids is 1. The molecule has 0 aliphatic rings. The maximum Gasteiger partial charge on any atom is 0.274 e. The van der Waals surface area contributed by atoms with Crippen LogP contribution in [0.25, 0.3) is 10.8 Å². The van der Waals surface area contributed by atoms with Gasteiger partial charge in [-0.2, -0.15) is 5.10 Å². The van der Waals surface area contributed by atoms with Crippen LogP contribution in [-0.2, 0) is 0 Å². The molecule has 0 saturated carbocycles. The van der Waals surface area contributed by atoms with Gasteiger partial charge in [-0.15, -0.1) is 0 Å². The molecule has 0 radical (unpaired) electrons. The molecule has 2 aromatic carbocycles. The zero-order valence-corrected chi connectivity index (χ0v) is 15.5. The number of nitrogens with zero attached hydrogens (tertiary/aromatic N) is 2. The normalized spacial score (nSPS) is 12.3. The topological polar surface area (TPSA) is 64.0 Å². The summed E-state index contributed by atoms with van der Waals surface area (Å²) < 4.78 is 1.37. The van der Waals surface area contributed by atoms with Gasteiger partial charge in [-0.25, -0.2) is 4.68 Å². The number of carbonyl (C=O) groups is 1. The molecule has 1 aromatic heterocycles. The van der Waals surface area contributed by atoms with Crippen molar-refractivity contribution in [1.29, 1.82) is 0 Å². The van der Waals surface area contributed by atoms with Gasteiger partial charge in [0.15, 0.2) is 5.69 Å². The monoisotopic (exact) mass is 349 g/mol. The molecule has 5 heteroatoms.